The van der Waals surface area contributed by atoms with Crippen LogP contribution in [0.1, 0.15) is 24.8 Å². The third kappa shape index (κ3) is 3.96. The van der Waals surface area contributed by atoms with Gasteiger partial charge in [0.15, 0.2) is 0 Å². The van der Waals surface area contributed by atoms with Crippen molar-refractivity contribution < 1.29 is 28.6 Å². The van der Waals surface area contributed by atoms with Crippen molar-refractivity contribution in [2.45, 2.75) is 24.5 Å². The van der Waals surface area contributed by atoms with Gasteiger partial charge < -0.3 is 19.9 Å². The Morgan fingerprint density at radius 2 is 1.94 bits per heavy atom. The van der Waals surface area contributed by atoms with Crippen molar-refractivity contribution >= 4 is 29.6 Å². The van der Waals surface area contributed by atoms with E-state index in [1.807, 2.05) is 6.07 Å². The van der Waals surface area contributed by atoms with Gasteiger partial charge in [-0.3, -0.25) is 14.5 Å². The smallest absolute Gasteiger partial charge is 0.337 e. The first-order valence-corrected chi connectivity index (χ1v) is 10.3. The second-order valence-corrected chi connectivity index (χ2v) is 7.81. The molecule has 1 fully saturated rings. The van der Waals surface area contributed by atoms with E-state index in [0.29, 0.717) is 11.3 Å². The maximum atomic E-state index is 13.0. The number of benzene rings is 1. The van der Waals surface area contributed by atoms with Gasteiger partial charge in [-0.25, -0.2) is 4.79 Å². The van der Waals surface area contributed by atoms with Crippen molar-refractivity contribution in [2.75, 3.05) is 20.8 Å². The molecule has 2 aliphatic rings. The summed E-state index contributed by atoms with van der Waals surface area (Å²) in [5.41, 5.74) is 7.02. The number of nitrogens with two attached hydrogens (primary N) is 1. The lowest BCUT2D eigenvalue weighted by Gasteiger charge is -2.31. The van der Waals surface area contributed by atoms with E-state index >= 15 is 0 Å². The van der Waals surface area contributed by atoms with E-state index in [2.05, 4.69) is 4.74 Å². The Hall–Kier alpha value is -3.45. The van der Waals surface area contributed by atoms with Crippen molar-refractivity contribution in [3.8, 4) is 11.8 Å². The third-order valence-corrected chi connectivity index (χ3v) is 6.20. The second-order valence-electron chi connectivity index (χ2n) is 6.62. The highest BCUT2D eigenvalue weighted by Crippen LogP contribution is 2.50. The van der Waals surface area contributed by atoms with Crippen LogP contribution in [0.5, 0.6) is 5.75 Å². The van der Waals surface area contributed by atoms with E-state index in [9.17, 15) is 19.6 Å². The number of fused-ring (bicyclic) bond motifs is 1. The number of esters is 2. The molecule has 162 valence electrons. The molecule has 31 heavy (non-hydrogen) atoms. The number of carbonyl (C=O) groups is 3. The minimum atomic E-state index is -0.835. The summed E-state index contributed by atoms with van der Waals surface area (Å²) in [7, 11) is 2.76. The summed E-state index contributed by atoms with van der Waals surface area (Å²) in [6.07, 6.45) is -0.196. The van der Waals surface area contributed by atoms with Gasteiger partial charge in [0, 0.05) is 0 Å². The molecule has 1 saturated heterocycles. The van der Waals surface area contributed by atoms with Crippen molar-refractivity contribution in [2.24, 2.45) is 5.73 Å². The highest BCUT2D eigenvalue weighted by atomic mass is 32.2. The number of hydrogen-bond donors (Lipinski definition) is 1. The fourth-order valence-corrected chi connectivity index (χ4v) is 4.78. The SMILES string of the molecule is CCOC(=O)C1=C2S[C@H](CC(=O)OC)C(=O)N2C(N)=C(C#N)[C@@H]1c1ccc(OC)cc1. The summed E-state index contributed by atoms with van der Waals surface area (Å²) < 4.78 is 15.1. The maximum Gasteiger partial charge on any atom is 0.337 e. The van der Waals surface area contributed by atoms with Gasteiger partial charge >= 0.3 is 11.9 Å². The highest BCUT2D eigenvalue weighted by molar-refractivity contribution is 8.04. The van der Waals surface area contributed by atoms with Crippen LogP contribution in [-0.4, -0.2) is 48.8 Å². The molecule has 0 aliphatic carbocycles. The molecule has 3 rings (SSSR count). The topological polar surface area (TPSA) is 132 Å². The van der Waals surface area contributed by atoms with Crippen LogP contribution in [0.15, 0.2) is 46.3 Å². The van der Waals surface area contributed by atoms with Crippen molar-refractivity contribution in [1.29, 1.82) is 5.26 Å². The number of nitriles is 1. The first-order valence-electron chi connectivity index (χ1n) is 9.40. The molecule has 2 aliphatic heterocycles. The number of hydrogen-bond acceptors (Lipinski definition) is 9. The number of amides is 1. The van der Waals surface area contributed by atoms with Crippen LogP contribution in [0.25, 0.3) is 0 Å². The van der Waals surface area contributed by atoms with Crippen molar-refractivity contribution in [3.05, 3.63) is 51.8 Å². The van der Waals surface area contributed by atoms with Crippen LogP contribution < -0.4 is 10.5 Å². The van der Waals surface area contributed by atoms with Gasteiger partial charge in [0.1, 0.15) is 16.8 Å². The normalized spacial score (nSPS) is 20.3. The molecular weight excluding hydrogens is 422 g/mol. The zero-order valence-electron chi connectivity index (χ0n) is 17.2. The summed E-state index contributed by atoms with van der Waals surface area (Å²) in [6, 6.07) is 8.89. The van der Waals surface area contributed by atoms with Gasteiger partial charge in [0.25, 0.3) is 0 Å². The predicted octanol–water partition coefficient (Wildman–Crippen LogP) is 1.77. The fraction of sp³-hybridized carbons (Fsp3) is 0.333. The fourth-order valence-electron chi connectivity index (χ4n) is 3.46. The Morgan fingerprint density at radius 3 is 2.48 bits per heavy atom. The lowest BCUT2D eigenvalue weighted by atomic mass is 9.83. The molecule has 0 spiro atoms. The molecule has 9 nitrogen and oxygen atoms in total. The van der Waals surface area contributed by atoms with Gasteiger partial charge in [-0.1, -0.05) is 23.9 Å². The number of methoxy groups -OCH3 is 2. The third-order valence-electron chi connectivity index (χ3n) is 4.92. The zero-order valence-corrected chi connectivity index (χ0v) is 18.0. The van der Waals surface area contributed by atoms with E-state index in [0.717, 1.165) is 16.7 Å². The van der Waals surface area contributed by atoms with Gasteiger partial charge in [-0.15, -0.1) is 0 Å². The number of nitrogens with zero attached hydrogens (tertiary/aromatic N) is 2. The molecule has 0 saturated carbocycles. The van der Waals surface area contributed by atoms with Gasteiger partial charge in [0.2, 0.25) is 5.91 Å². The minimum Gasteiger partial charge on any atom is -0.497 e. The van der Waals surface area contributed by atoms with Crippen LogP contribution in [-0.2, 0) is 23.9 Å². The molecule has 10 heteroatoms. The second kappa shape index (κ2) is 9.14. The number of allylic oxidation sites excluding steroid dienone is 1. The predicted molar refractivity (Wildman–Crippen MR) is 111 cm³/mol. The van der Waals surface area contributed by atoms with Crippen molar-refractivity contribution in [3.63, 3.8) is 0 Å². The average molecular weight is 443 g/mol. The monoisotopic (exact) mass is 443 g/mol. The molecule has 2 heterocycles. The summed E-state index contributed by atoms with van der Waals surface area (Å²) in [6.45, 7) is 1.77. The van der Waals surface area contributed by atoms with Crippen LogP contribution in [0.3, 0.4) is 0 Å². The van der Waals surface area contributed by atoms with Crippen LogP contribution in [0.2, 0.25) is 0 Å². The number of ether oxygens (including phenoxy) is 3. The maximum absolute atomic E-state index is 13.0. The molecule has 0 aromatic heterocycles. The van der Waals surface area contributed by atoms with Crippen LogP contribution >= 0.6 is 11.8 Å². The summed E-state index contributed by atoms with van der Waals surface area (Å²) >= 11 is 1.04. The Balaban J connectivity index is 2.19. The Bertz CT molecular complexity index is 1020. The van der Waals surface area contributed by atoms with E-state index in [-0.39, 0.29) is 35.0 Å². The molecule has 0 radical (unpaired) electrons. The van der Waals surface area contributed by atoms with Gasteiger partial charge in [-0.05, 0) is 24.6 Å². The molecule has 1 amide bonds. The minimum absolute atomic E-state index is 0.0460. The molecule has 2 N–H and O–H groups in total. The largest absolute Gasteiger partial charge is 0.497 e. The number of thioether (sulfide) groups is 1. The van der Waals surface area contributed by atoms with Crippen molar-refractivity contribution in [1.82, 2.24) is 4.90 Å². The number of rotatable bonds is 6. The summed E-state index contributed by atoms with van der Waals surface area (Å²) in [5.74, 6) is -2.04. The molecule has 2 atom stereocenters. The Labute approximate surface area is 183 Å². The highest BCUT2D eigenvalue weighted by Gasteiger charge is 2.49. The quantitative estimate of drug-likeness (QED) is 0.653. The average Bonchev–Trinajstić information content (AvgIpc) is 3.09. The van der Waals surface area contributed by atoms with E-state index in [4.69, 9.17) is 15.2 Å². The standard InChI is InChI=1S/C21H21N3O6S/c1-4-30-21(27)17-16(11-5-7-12(28-2)8-6-11)13(10-22)18(23)24-19(26)14(31-20(17)24)9-15(25)29-3/h5-8,14,16H,4,9,23H2,1-3H3/t14-,16+/m1/s1. The van der Waals surface area contributed by atoms with E-state index < -0.39 is 29.0 Å². The molecule has 1 aromatic carbocycles. The van der Waals surface area contributed by atoms with Crippen LogP contribution in [0, 0.1) is 11.3 Å². The number of carbonyl (C=O) groups excluding carboxylic acids is 3. The summed E-state index contributed by atoms with van der Waals surface area (Å²) in [4.78, 5) is 38.9. The zero-order chi connectivity index (χ0) is 22.7. The first kappa shape index (κ1) is 22.2. The molecular formula is C21H21N3O6S. The molecule has 1 aromatic rings. The van der Waals surface area contributed by atoms with E-state index in [1.165, 1.54) is 14.2 Å². The lowest BCUT2D eigenvalue weighted by Crippen LogP contribution is -2.38. The lowest BCUT2D eigenvalue weighted by molar-refractivity contribution is -0.142. The van der Waals surface area contributed by atoms with Gasteiger partial charge in [0.05, 0.1) is 55.4 Å². The molecule has 0 bridgehead atoms. The van der Waals surface area contributed by atoms with E-state index in [1.54, 1.807) is 31.2 Å². The van der Waals surface area contributed by atoms with Gasteiger partial charge in [-0.2, -0.15) is 5.26 Å². The first-order chi connectivity index (χ1) is 14.9. The Morgan fingerprint density at radius 1 is 1.26 bits per heavy atom. The Kier molecular flexibility index (Phi) is 6.56. The summed E-state index contributed by atoms with van der Waals surface area (Å²) in [5, 5.41) is 9.30. The molecule has 0 unspecified atom stereocenters. The van der Waals surface area contributed by atoms with Crippen LogP contribution in [0.4, 0.5) is 0 Å².